The van der Waals surface area contributed by atoms with E-state index in [1.165, 1.54) is 35.9 Å². The maximum Gasteiger partial charge on any atom is 0.417 e. The first-order chi connectivity index (χ1) is 15.7. The fourth-order valence-electron chi connectivity index (χ4n) is 2.91. The molecule has 0 saturated carbocycles. The summed E-state index contributed by atoms with van der Waals surface area (Å²) in [5.41, 5.74) is -0.165. The second-order valence-corrected chi connectivity index (χ2v) is 6.85. The highest BCUT2D eigenvalue weighted by Crippen LogP contribution is 2.29. The molecule has 0 saturated heterocycles. The Morgan fingerprint density at radius 2 is 1.88 bits per heavy atom. The highest BCUT2D eigenvalue weighted by Gasteiger charge is 2.30. The Labute approximate surface area is 186 Å². The number of halogens is 4. The van der Waals surface area contributed by atoms with E-state index in [-0.39, 0.29) is 23.9 Å². The molecule has 176 valence electrons. The van der Waals surface area contributed by atoms with Crippen molar-refractivity contribution in [1.29, 1.82) is 0 Å². The van der Waals surface area contributed by atoms with E-state index in [0.29, 0.717) is 30.9 Å². The van der Waals surface area contributed by atoms with Crippen LogP contribution in [0.4, 0.5) is 17.6 Å². The van der Waals surface area contributed by atoms with Crippen molar-refractivity contribution >= 4 is 5.97 Å². The topological polar surface area (TPSA) is 75.5 Å². The molecule has 0 amide bonds. The van der Waals surface area contributed by atoms with Crippen molar-refractivity contribution in [3.05, 3.63) is 59.7 Å². The van der Waals surface area contributed by atoms with E-state index in [1.807, 2.05) is 0 Å². The van der Waals surface area contributed by atoms with E-state index < -0.39 is 23.5 Å². The number of hydrogen-bond acceptors (Lipinski definition) is 6. The van der Waals surface area contributed by atoms with Gasteiger partial charge < -0.3 is 14.2 Å². The van der Waals surface area contributed by atoms with Crippen molar-refractivity contribution in [2.75, 3.05) is 13.2 Å². The SMILES string of the molecule is CCOc1nn(-c2ccc(C(F)(F)F)cn2)cc1CCCOc1cccc(OC(C)=O)c1F. The molecule has 7 nitrogen and oxygen atoms in total. The summed E-state index contributed by atoms with van der Waals surface area (Å²) in [5, 5.41) is 4.25. The van der Waals surface area contributed by atoms with E-state index in [9.17, 15) is 22.4 Å². The van der Waals surface area contributed by atoms with Crippen molar-refractivity contribution in [2.24, 2.45) is 0 Å². The van der Waals surface area contributed by atoms with Gasteiger partial charge in [0.2, 0.25) is 11.7 Å². The van der Waals surface area contributed by atoms with Gasteiger partial charge in [0, 0.05) is 24.9 Å². The Bertz CT molecular complexity index is 1100. The zero-order valence-corrected chi connectivity index (χ0v) is 17.9. The highest BCUT2D eigenvalue weighted by molar-refractivity contribution is 5.69. The molecule has 11 heteroatoms. The monoisotopic (exact) mass is 467 g/mol. The van der Waals surface area contributed by atoms with Crippen LogP contribution < -0.4 is 14.2 Å². The number of aromatic nitrogens is 3. The Hall–Kier alpha value is -3.63. The van der Waals surface area contributed by atoms with Gasteiger partial charge in [-0.05, 0) is 44.0 Å². The van der Waals surface area contributed by atoms with Crippen molar-refractivity contribution in [1.82, 2.24) is 14.8 Å². The lowest BCUT2D eigenvalue weighted by Crippen LogP contribution is -2.07. The molecule has 0 N–H and O–H groups in total. The zero-order chi connectivity index (χ0) is 24.0. The van der Waals surface area contributed by atoms with Crippen LogP contribution in [-0.4, -0.2) is 33.9 Å². The molecule has 0 aliphatic carbocycles. The first-order valence-corrected chi connectivity index (χ1v) is 10.0. The number of hydrogen-bond donors (Lipinski definition) is 0. The smallest absolute Gasteiger partial charge is 0.417 e. The van der Waals surface area contributed by atoms with Crippen LogP contribution in [0.2, 0.25) is 0 Å². The minimum Gasteiger partial charge on any atom is -0.490 e. The number of pyridine rings is 1. The van der Waals surface area contributed by atoms with E-state index in [4.69, 9.17) is 14.2 Å². The lowest BCUT2D eigenvalue weighted by molar-refractivity contribution is -0.138. The molecule has 0 unspecified atom stereocenters. The summed E-state index contributed by atoms with van der Waals surface area (Å²) >= 11 is 0. The minimum absolute atomic E-state index is 0.0524. The summed E-state index contributed by atoms with van der Waals surface area (Å²) in [7, 11) is 0. The fraction of sp³-hybridized carbons (Fsp3) is 0.318. The summed E-state index contributed by atoms with van der Waals surface area (Å²) in [6.45, 7) is 3.44. The van der Waals surface area contributed by atoms with Gasteiger partial charge in [-0.25, -0.2) is 9.67 Å². The van der Waals surface area contributed by atoms with Crippen LogP contribution in [0, 0.1) is 5.82 Å². The van der Waals surface area contributed by atoms with Crippen molar-refractivity contribution in [3.8, 4) is 23.2 Å². The third-order valence-electron chi connectivity index (χ3n) is 4.37. The third-order valence-corrected chi connectivity index (χ3v) is 4.37. The lowest BCUT2D eigenvalue weighted by Gasteiger charge is -2.09. The number of rotatable bonds is 9. The standard InChI is InChI=1S/C22H21F4N3O4/c1-3-31-21-15(13-29(28-21)19-10-9-16(12-27-19)22(24,25)26)6-5-11-32-17-7-4-8-18(20(17)23)33-14(2)30/h4,7-10,12-13H,3,5-6,11H2,1-2H3. The van der Waals surface area contributed by atoms with Gasteiger partial charge in [0.1, 0.15) is 0 Å². The molecule has 0 atom stereocenters. The molecule has 0 aliphatic rings. The fourth-order valence-corrected chi connectivity index (χ4v) is 2.91. The summed E-state index contributed by atoms with van der Waals surface area (Å²) in [4.78, 5) is 14.9. The van der Waals surface area contributed by atoms with Crippen LogP contribution in [0.25, 0.3) is 5.82 Å². The number of alkyl halides is 3. The number of carbonyl (C=O) groups excluding carboxylic acids is 1. The van der Waals surface area contributed by atoms with Gasteiger partial charge in [0.15, 0.2) is 17.3 Å². The van der Waals surface area contributed by atoms with Crippen molar-refractivity contribution in [3.63, 3.8) is 0 Å². The highest BCUT2D eigenvalue weighted by atomic mass is 19.4. The maximum absolute atomic E-state index is 14.3. The normalized spacial score (nSPS) is 11.3. The molecular formula is C22H21F4N3O4. The quantitative estimate of drug-likeness (QED) is 0.196. The van der Waals surface area contributed by atoms with Crippen LogP contribution >= 0.6 is 0 Å². The van der Waals surface area contributed by atoms with Gasteiger partial charge in [0.25, 0.3) is 0 Å². The number of esters is 1. The van der Waals surface area contributed by atoms with Gasteiger partial charge in [-0.3, -0.25) is 4.79 Å². The Morgan fingerprint density at radius 3 is 2.52 bits per heavy atom. The summed E-state index contributed by atoms with van der Waals surface area (Å²) < 4.78 is 69.7. The lowest BCUT2D eigenvalue weighted by atomic mass is 10.2. The van der Waals surface area contributed by atoms with Gasteiger partial charge >= 0.3 is 12.1 Å². The van der Waals surface area contributed by atoms with E-state index in [1.54, 1.807) is 13.1 Å². The second kappa shape index (κ2) is 10.3. The minimum atomic E-state index is -4.48. The average molecular weight is 467 g/mol. The molecule has 33 heavy (non-hydrogen) atoms. The maximum atomic E-state index is 14.3. The largest absolute Gasteiger partial charge is 0.490 e. The van der Waals surface area contributed by atoms with Crippen LogP contribution in [0.5, 0.6) is 17.4 Å². The van der Waals surface area contributed by atoms with Gasteiger partial charge in [-0.2, -0.15) is 17.6 Å². The molecule has 2 aromatic heterocycles. The van der Waals surface area contributed by atoms with Crippen LogP contribution in [0.1, 0.15) is 31.4 Å². The van der Waals surface area contributed by atoms with E-state index in [2.05, 4.69) is 10.1 Å². The molecular weight excluding hydrogens is 446 g/mol. The van der Waals surface area contributed by atoms with E-state index in [0.717, 1.165) is 12.3 Å². The first kappa shape index (κ1) is 24.0. The number of benzene rings is 1. The molecule has 0 radical (unpaired) electrons. The first-order valence-electron chi connectivity index (χ1n) is 10.0. The summed E-state index contributed by atoms with van der Waals surface area (Å²) in [6, 6.07) is 6.39. The van der Waals surface area contributed by atoms with Crippen LogP contribution in [0.15, 0.2) is 42.7 Å². The number of nitrogens with zero attached hydrogens (tertiary/aromatic N) is 3. The molecule has 1 aromatic carbocycles. The van der Waals surface area contributed by atoms with Gasteiger partial charge in [-0.15, -0.1) is 5.10 Å². The van der Waals surface area contributed by atoms with Gasteiger partial charge in [0.05, 0.1) is 18.8 Å². The molecule has 0 aliphatic heterocycles. The summed E-state index contributed by atoms with van der Waals surface area (Å²) in [6.07, 6.45) is -1.22. The van der Waals surface area contributed by atoms with Crippen LogP contribution in [0.3, 0.4) is 0 Å². The Kier molecular flexibility index (Phi) is 7.52. The Morgan fingerprint density at radius 1 is 1.12 bits per heavy atom. The molecule has 3 rings (SSSR count). The third kappa shape index (κ3) is 6.21. The zero-order valence-electron chi connectivity index (χ0n) is 17.9. The van der Waals surface area contributed by atoms with Gasteiger partial charge in [-0.1, -0.05) is 6.07 Å². The van der Waals surface area contributed by atoms with E-state index >= 15 is 0 Å². The molecule has 0 spiro atoms. The van der Waals surface area contributed by atoms with Crippen molar-refractivity contribution < 1.29 is 36.6 Å². The molecule has 3 aromatic rings. The summed E-state index contributed by atoms with van der Waals surface area (Å²) in [5.74, 6) is -1.16. The Balaban J connectivity index is 1.65. The van der Waals surface area contributed by atoms with Crippen LogP contribution in [-0.2, 0) is 17.4 Å². The molecule has 0 bridgehead atoms. The second-order valence-electron chi connectivity index (χ2n) is 6.85. The number of carbonyl (C=O) groups is 1. The molecule has 0 fully saturated rings. The molecule has 2 heterocycles. The average Bonchev–Trinajstić information content (AvgIpc) is 3.16. The predicted octanol–water partition coefficient (Wildman–Crippen LogP) is 4.76. The predicted molar refractivity (Wildman–Crippen MR) is 109 cm³/mol. The van der Waals surface area contributed by atoms with Crippen molar-refractivity contribution in [2.45, 2.75) is 32.9 Å². The number of aryl methyl sites for hydroxylation is 1. The number of ether oxygens (including phenoxy) is 3.